The largest absolute Gasteiger partial charge is 0.444 e. The second kappa shape index (κ2) is 6.97. The first kappa shape index (κ1) is 16.6. The number of amides is 1. The lowest BCUT2D eigenvalue weighted by atomic mass is 9.98. The van der Waals surface area contributed by atoms with Crippen LogP contribution >= 0.6 is 0 Å². The summed E-state index contributed by atoms with van der Waals surface area (Å²) in [5, 5.41) is 2.76. The van der Waals surface area contributed by atoms with Crippen molar-refractivity contribution in [1.29, 1.82) is 0 Å². The topological polar surface area (TPSA) is 42.7 Å². The maximum Gasteiger partial charge on any atom is 0.407 e. The molecule has 0 aliphatic carbocycles. The summed E-state index contributed by atoms with van der Waals surface area (Å²) in [4.78, 5) is 15.4. The van der Waals surface area contributed by atoms with Gasteiger partial charge in [0.1, 0.15) is 5.60 Å². The number of nitrogens with one attached hydrogen (secondary N) is 1. The molecule has 0 heterocycles. The van der Waals surface area contributed by atoms with Gasteiger partial charge in [-0.15, -0.1) is 0 Å². The normalized spacial score (nSPS) is 10.7. The van der Waals surface area contributed by atoms with Gasteiger partial charge < -0.3 is 10.1 Å². The highest BCUT2D eigenvalue weighted by atomic mass is 16.6. The van der Waals surface area contributed by atoms with Crippen LogP contribution in [-0.4, -0.2) is 11.7 Å². The van der Waals surface area contributed by atoms with Gasteiger partial charge in [0.05, 0.1) is 6.57 Å². The molecule has 2 aromatic carbocycles. The van der Waals surface area contributed by atoms with Crippen LogP contribution in [0.3, 0.4) is 0 Å². The van der Waals surface area contributed by atoms with E-state index in [0.717, 1.165) is 16.7 Å². The van der Waals surface area contributed by atoms with E-state index < -0.39 is 11.7 Å². The van der Waals surface area contributed by atoms with Gasteiger partial charge in [-0.3, -0.25) is 0 Å². The first-order valence-corrected chi connectivity index (χ1v) is 7.42. The molecule has 0 spiro atoms. The van der Waals surface area contributed by atoms with Crippen LogP contribution in [0.1, 0.15) is 26.3 Å². The molecule has 0 radical (unpaired) electrons. The van der Waals surface area contributed by atoms with Crippen molar-refractivity contribution in [2.75, 3.05) is 0 Å². The first-order chi connectivity index (χ1) is 10.9. The molecule has 0 aliphatic rings. The summed E-state index contributed by atoms with van der Waals surface area (Å²) in [5.74, 6) is 0. The van der Waals surface area contributed by atoms with Crippen LogP contribution in [-0.2, 0) is 11.3 Å². The average Bonchev–Trinajstić information content (AvgIpc) is 2.51. The number of para-hydroxylation sites is 1. The maximum atomic E-state index is 11.8. The lowest BCUT2D eigenvalue weighted by Gasteiger charge is -2.20. The number of carbonyl (C=O) groups is 1. The van der Waals surface area contributed by atoms with E-state index in [-0.39, 0.29) is 0 Å². The third kappa shape index (κ3) is 4.58. The van der Waals surface area contributed by atoms with E-state index in [4.69, 9.17) is 11.3 Å². The summed E-state index contributed by atoms with van der Waals surface area (Å²) in [5.41, 5.74) is 2.81. The van der Waals surface area contributed by atoms with Crippen molar-refractivity contribution in [3.8, 4) is 11.1 Å². The minimum absolute atomic E-state index is 0.345. The van der Waals surface area contributed by atoms with E-state index in [2.05, 4.69) is 10.2 Å². The Bertz CT molecular complexity index is 740. The summed E-state index contributed by atoms with van der Waals surface area (Å²) in [6.07, 6.45) is -0.453. The second-order valence-corrected chi connectivity index (χ2v) is 6.14. The highest BCUT2D eigenvalue weighted by molar-refractivity contribution is 5.80. The van der Waals surface area contributed by atoms with Gasteiger partial charge in [0, 0.05) is 6.54 Å². The molecule has 0 atom stereocenters. The number of hydrogen-bond acceptors (Lipinski definition) is 2. The van der Waals surface area contributed by atoms with E-state index >= 15 is 0 Å². The van der Waals surface area contributed by atoms with Crippen molar-refractivity contribution in [2.24, 2.45) is 0 Å². The number of ether oxygens (including phenoxy) is 1. The Hall–Kier alpha value is -2.80. The fraction of sp³-hybridized carbons (Fsp3) is 0.263. The Kier molecular flexibility index (Phi) is 5.02. The quantitative estimate of drug-likeness (QED) is 0.817. The Morgan fingerprint density at radius 3 is 2.35 bits per heavy atom. The third-order valence-corrected chi connectivity index (χ3v) is 3.15. The predicted molar refractivity (Wildman–Crippen MR) is 91.2 cm³/mol. The van der Waals surface area contributed by atoms with Crippen LogP contribution < -0.4 is 5.32 Å². The Balaban J connectivity index is 2.22. The average molecular weight is 308 g/mol. The minimum Gasteiger partial charge on any atom is -0.444 e. The highest BCUT2D eigenvalue weighted by Crippen LogP contribution is 2.32. The van der Waals surface area contributed by atoms with Gasteiger partial charge in [0.15, 0.2) is 5.69 Å². The highest BCUT2D eigenvalue weighted by Gasteiger charge is 2.16. The number of hydrogen-bond donors (Lipinski definition) is 1. The SMILES string of the molecule is [C-]#[N+]c1ccccc1-c1ccccc1CNC(=O)OC(C)(C)C. The van der Waals surface area contributed by atoms with Crippen molar-refractivity contribution in [3.63, 3.8) is 0 Å². The predicted octanol–water partition coefficient (Wildman–Crippen LogP) is 4.93. The summed E-state index contributed by atoms with van der Waals surface area (Å²) in [6.45, 7) is 13.1. The summed E-state index contributed by atoms with van der Waals surface area (Å²) in [7, 11) is 0. The molecule has 4 heteroatoms. The van der Waals surface area contributed by atoms with Crippen LogP contribution in [0.15, 0.2) is 48.5 Å². The molecule has 0 fully saturated rings. The van der Waals surface area contributed by atoms with Crippen LogP contribution in [0.5, 0.6) is 0 Å². The summed E-state index contributed by atoms with van der Waals surface area (Å²) >= 11 is 0. The summed E-state index contributed by atoms with van der Waals surface area (Å²) in [6, 6.07) is 15.2. The minimum atomic E-state index is -0.527. The molecule has 1 N–H and O–H groups in total. The molecule has 23 heavy (non-hydrogen) atoms. The van der Waals surface area contributed by atoms with Crippen LogP contribution in [0.4, 0.5) is 10.5 Å². The van der Waals surface area contributed by atoms with Crippen molar-refractivity contribution in [2.45, 2.75) is 32.9 Å². The molecule has 0 aliphatic heterocycles. The molecular formula is C19H20N2O2. The zero-order valence-electron chi connectivity index (χ0n) is 13.6. The van der Waals surface area contributed by atoms with Gasteiger partial charge in [0.25, 0.3) is 0 Å². The number of nitrogens with zero attached hydrogens (tertiary/aromatic N) is 1. The lowest BCUT2D eigenvalue weighted by molar-refractivity contribution is 0.0523. The zero-order valence-corrected chi connectivity index (χ0v) is 13.6. The molecule has 4 nitrogen and oxygen atoms in total. The molecule has 0 unspecified atom stereocenters. The lowest BCUT2D eigenvalue weighted by Crippen LogP contribution is -2.32. The number of carbonyl (C=O) groups excluding carboxylic acids is 1. The van der Waals surface area contributed by atoms with Crippen molar-refractivity contribution in [1.82, 2.24) is 5.32 Å². The Morgan fingerprint density at radius 2 is 1.70 bits per heavy atom. The van der Waals surface area contributed by atoms with E-state index in [1.807, 2.05) is 63.2 Å². The van der Waals surface area contributed by atoms with Crippen molar-refractivity contribution < 1.29 is 9.53 Å². The number of rotatable bonds is 3. The van der Waals surface area contributed by atoms with Gasteiger partial charge in [0.2, 0.25) is 0 Å². The Morgan fingerprint density at radius 1 is 1.09 bits per heavy atom. The van der Waals surface area contributed by atoms with Crippen molar-refractivity contribution in [3.05, 3.63) is 65.5 Å². The van der Waals surface area contributed by atoms with E-state index in [0.29, 0.717) is 12.2 Å². The smallest absolute Gasteiger partial charge is 0.407 e. The fourth-order valence-corrected chi connectivity index (χ4v) is 2.22. The van der Waals surface area contributed by atoms with E-state index in [1.165, 1.54) is 0 Å². The van der Waals surface area contributed by atoms with E-state index in [9.17, 15) is 4.79 Å². The van der Waals surface area contributed by atoms with Gasteiger partial charge in [-0.25, -0.2) is 9.64 Å². The second-order valence-electron chi connectivity index (χ2n) is 6.14. The Labute approximate surface area is 136 Å². The molecule has 0 saturated heterocycles. The van der Waals surface area contributed by atoms with Gasteiger partial charge in [-0.1, -0.05) is 48.5 Å². The van der Waals surface area contributed by atoms with Crippen LogP contribution in [0.25, 0.3) is 16.0 Å². The standard InChI is InChI=1S/C19H20N2O2/c1-19(2,3)23-18(22)21-13-14-9-5-6-10-15(14)16-11-7-8-12-17(16)20-4/h5-12H,13H2,1-3H3,(H,21,22). The van der Waals surface area contributed by atoms with Gasteiger partial charge in [-0.2, -0.15) is 0 Å². The number of alkyl carbamates (subject to hydrolysis) is 1. The van der Waals surface area contributed by atoms with E-state index in [1.54, 1.807) is 6.07 Å². The maximum absolute atomic E-state index is 11.8. The molecular weight excluding hydrogens is 288 g/mol. The van der Waals surface area contributed by atoms with Gasteiger partial charge >= 0.3 is 6.09 Å². The molecule has 0 aromatic heterocycles. The third-order valence-electron chi connectivity index (χ3n) is 3.15. The monoisotopic (exact) mass is 308 g/mol. The fourth-order valence-electron chi connectivity index (χ4n) is 2.22. The van der Waals surface area contributed by atoms with Crippen LogP contribution in [0.2, 0.25) is 0 Å². The van der Waals surface area contributed by atoms with Crippen molar-refractivity contribution >= 4 is 11.8 Å². The zero-order chi connectivity index (χ0) is 16.9. The molecule has 2 aromatic rings. The molecule has 118 valence electrons. The summed E-state index contributed by atoms with van der Waals surface area (Å²) < 4.78 is 5.25. The molecule has 0 saturated carbocycles. The first-order valence-electron chi connectivity index (χ1n) is 7.42. The molecule has 0 bridgehead atoms. The molecule has 1 amide bonds. The number of benzene rings is 2. The molecule has 2 rings (SSSR count). The van der Waals surface area contributed by atoms with Gasteiger partial charge in [-0.05, 0) is 37.5 Å². The van der Waals surface area contributed by atoms with Crippen LogP contribution in [0, 0.1) is 6.57 Å².